The summed E-state index contributed by atoms with van der Waals surface area (Å²) in [6.45, 7) is 4.33. The van der Waals surface area contributed by atoms with Gasteiger partial charge in [0.15, 0.2) is 0 Å². The molecule has 100 valence electrons. The molecule has 0 saturated carbocycles. The molecule has 0 fully saturated rings. The summed E-state index contributed by atoms with van der Waals surface area (Å²) in [6.07, 6.45) is 2.24. The van der Waals surface area contributed by atoms with Gasteiger partial charge < -0.3 is 0 Å². The first-order chi connectivity index (χ1) is 8.97. The Hall–Kier alpha value is 0.630. The van der Waals surface area contributed by atoms with E-state index < -0.39 is 0 Å². The molecule has 0 spiro atoms. The fourth-order valence-electron chi connectivity index (χ4n) is 2.03. The highest BCUT2D eigenvalue weighted by Crippen LogP contribution is 2.23. The van der Waals surface area contributed by atoms with Crippen LogP contribution >= 0.6 is 67.8 Å². The van der Waals surface area contributed by atoms with E-state index in [1.807, 2.05) is 0 Å². The third kappa shape index (κ3) is 4.30. The molecular formula is C16H15I3. The lowest BCUT2D eigenvalue weighted by Gasteiger charge is -2.10. The van der Waals surface area contributed by atoms with Gasteiger partial charge in [0, 0.05) is 10.7 Å². The minimum absolute atomic E-state index is 1.12. The molecule has 0 bridgehead atoms. The highest BCUT2D eigenvalue weighted by Gasteiger charge is 2.07. The van der Waals surface area contributed by atoms with Crippen molar-refractivity contribution in [3.05, 3.63) is 63.3 Å². The predicted octanol–water partition coefficient (Wildman–Crippen LogP) is 5.90. The van der Waals surface area contributed by atoms with Crippen molar-refractivity contribution in [2.24, 2.45) is 0 Å². The fraction of sp³-hybridized carbons (Fsp3) is 0.250. The zero-order chi connectivity index (χ0) is 14.0. The summed E-state index contributed by atoms with van der Waals surface area (Å²) in [7, 11) is 0. The van der Waals surface area contributed by atoms with E-state index in [0.717, 1.165) is 12.8 Å². The van der Waals surface area contributed by atoms with Crippen LogP contribution < -0.4 is 0 Å². The van der Waals surface area contributed by atoms with E-state index in [4.69, 9.17) is 0 Å². The number of hydrogen-bond acceptors (Lipinski definition) is 0. The monoisotopic (exact) mass is 588 g/mol. The molecule has 0 aliphatic rings. The van der Waals surface area contributed by atoms with Crippen LogP contribution in [0.2, 0.25) is 0 Å². The first-order valence-electron chi connectivity index (χ1n) is 6.17. The summed E-state index contributed by atoms with van der Waals surface area (Å²) in [5.41, 5.74) is 5.64. The summed E-state index contributed by atoms with van der Waals surface area (Å²) in [6, 6.07) is 11.3. The minimum atomic E-state index is 1.12. The summed E-state index contributed by atoms with van der Waals surface area (Å²) in [4.78, 5) is 0. The smallest absolute Gasteiger partial charge is 0.0175 e. The summed E-state index contributed by atoms with van der Waals surface area (Å²) in [5.74, 6) is 0. The van der Waals surface area contributed by atoms with Gasteiger partial charge in [-0.1, -0.05) is 12.1 Å². The van der Waals surface area contributed by atoms with Gasteiger partial charge in [0.05, 0.1) is 0 Å². The topological polar surface area (TPSA) is 0 Å². The average Bonchev–Trinajstić information content (AvgIpc) is 2.32. The Labute approximate surface area is 156 Å². The molecule has 0 saturated heterocycles. The van der Waals surface area contributed by atoms with Gasteiger partial charge in [0.1, 0.15) is 0 Å². The van der Waals surface area contributed by atoms with Crippen LogP contribution in [-0.4, -0.2) is 0 Å². The molecule has 19 heavy (non-hydrogen) atoms. The number of aryl methyl sites for hydroxylation is 3. The van der Waals surface area contributed by atoms with Crippen molar-refractivity contribution in [2.45, 2.75) is 26.7 Å². The summed E-state index contributed by atoms with van der Waals surface area (Å²) < 4.78 is 4.15. The van der Waals surface area contributed by atoms with Crippen molar-refractivity contribution in [3.8, 4) is 0 Å². The average molecular weight is 588 g/mol. The van der Waals surface area contributed by atoms with Crippen LogP contribution in [0.25, 0.3) is 0 Å². The lowest BCUT2D eigenvalue weighted by molar-refractivity contribution is 0.943. The molecule has 0 radical (unpaired) electrons. The van der Waals surface area contributed by atoms with Crippen LogP contribution in [0.1, 0.15) is 22.3 Å². The van der Waals surface area contributed by atoms with Crippen LogP contribution in [0.4, 0.5) is 0 Å². The molecule has 2 aromatic carbocycles. The van der Waals surface area contributed by atoms with E-state index in [1.54, 1.807) is 0 Å². The van der Waals surface area contributed by atoms with Gasteiger partial charge >= 0.3 is 0 Å². The van der Waals surface area contributed by atoms with Crippen LogP contribution in [0.15, 0.2) is 30.3 Å². The van der Waals surface area contributed by atoms with Gasteiger partial charge in [0.25, 0.3) is 0 Å². The molecule has 0 nitrogen and oxygen atoms in total. The van der Waals surface area contributed by atoms with Gasteiger partial charge in [-0.25, -0.2) is 0 Å². The van der Waals surface area contributed by atoms with E-state index in [0.29, 0.717) is 0 Å². The second kappa shape index (κ2) is 7.06. The standard InChI is InChI=1S/C16H15I3/c1-10-7-15(18)13(16(19)8-10)6-5-12-4-3-11(2)14(17)9-12/h3-4,7-9H,5-6H2,1-2H3. The fourth-order valence-corrected chi connectivity index (χ4v) is 5.23. The Morgan fingerprint density at radius 2 is 1.42 bits per heavy atom. The molecule has 0 aromatic heterocycles. The molecule has 0 amide bonds. The maximum atomic E-state index is 2.46. The Balaban J connectivity index is 2.16. The minimum Gasteiger partial charge on any atom is -0.0587 e. The lowest BCUT2D eigenvalue weighted by atomic mass is 10.0. The Morgan fingerprint density at radius 3 is 2.00 bits per heavy atom. The first kappa shape index (κ1) is 16.0. The molecule has 3 heteroatoms. The molecule has 0 N–H and O–H groups in total. The van der Waals surface area contributed by atoms with Crippen molar-refractivity contribution < 1.29 is 0 Å². The molecule has 2 rings (SSSR count). The zero-order valence-corrected chi connectivity index (χ0v) is 17.4. The molecular weight excluding hydrogens is 573 g/mol. The molecule has 2 aromatic rings. The molecule has 0 aliphatic carbocycles. The quantitative estimate of drug-likeness (QED) is 0.392. The third-order valence-electron chi connectivity index (χ3n) is 3.19. The highest BCUT2D eigenvalue weighted by molar-refractivity contribution is 14.1. The summed E-state index contributed by atoms with van der Waals surface area (Å²) in [5, 5.41) is 0. The Bertz CT molecular complexity index is 580. The Morgan fingerprint density at radius 1 is 0.789 bits per heavy atom. The molecule has 0 unspecified atom stereocenters. The number of benzene rings is 2. The van der Waals surface area contributed by atoms with E-state index in [2.05, 4.69) is 112 Å². The van der Waals surface area contributed by atoms with E-state index in [1.165, 1.54) is 33.0 Å². The van der Waals surface area contributed by atoms with Crippen molar-refractivity contribution in [3.63, 3.8) is 0 Å². The van der Waals surface area contributed by atoms with Gasteiger partial charge in [-0.15, -0.1) is 0 Å². The number of halogens is 3. The predicted molar refractivity (Wildman–Crippen MR) is 108 cm³/mol. The number of rotatable bonds is 3. The van der Waals surface area contributed by atoms with Gasteiger partial charge in [0.2, 0.25) is 0 Å². The van der Waals surface area contributed by atoms with Crippen LogP contribution in [0, 0.1) is 24.6 Å². The van der Waals surface area contributed by atoms with Gasteiger partial charge in [-0.05, 0) is 135 Å². The third-order valence-corrected chi connectivity index (χ3v) is 6.27. The van der Waals surface area contributed by atoms with E-state index in [9.17, 15) is 0 Å². The van der Waals surface area contributed by atoms with E-state index >= 15 is 0 Å². The highest BCUT2D eigenvalue weighted by atomic mass is 127. The van der Waals surface area contributed by atoms with E-state index in [-0.39, 0.29) is 0 Å². The normalized spacial score (nSPS) is 10.8. The molecule has 0 atom stereocenters. The summed E-state index contributed by atoms with van der Waals surface area (Å²) >= 11 is 7.34. The molecule has 0 aliphatic heterocycles. The number of hydrogen-bond donors (Lipinski definition) is 0. The second-order valence-corrected chi connectivity index (χ2v) is 8.28. The van der Waals surface area contributed by atoms with Crippen molar-refractivity contribution >= 4 is 67.8 Å². The molecule has 0 heterocycles. The SMILES string of the molecule is Cc1cc(I)c(CCc2ccc(C)c(I)c2)c(I)c1. The van der Waals surface area contributed by atoms with Gasteiger partial charge in [-0.2, -0.15) is 0 Å². The maximum absolute atomic E-state index is 2.46. The maximum Gasteiger partial charge on any atom is 0.0175 e. The zero-order valence-electron chi connectivity index (χ0n) is 10.9. The van der Waals surface area contributed by atoms with Crippen LogP contribution in [0.3, 0.4) is 0 Å². The second-order valence-electron chi connectivity index (χ2n) is 4.79. The van der Waals surface area contributed by atoms with Crippen molar-refractivity contribution in [1.29, 1.82) is 0 Å². The lowest BCUT2D eigenvalue weighted by Crippen LogP contribution is -1.99. The van der Waals surface area contributed by atoms with Crippen LogP contribution in [-0.2, 0) is 12.8 Å². The van der Waals surface area contributed by atoms with Crippen LogP contribution in [0.5, 0.6) is 0 Å². The van der Waals surface area contributed by atoms with Crippen molar-refractivity contribution in [1.82, 2.24) is 0 Å². The van der Waals surface area contributed by atoms with Crippen molar-refractivity contribution in [2.75, 3.05) is 0 Å². The first-order valence-corrected chi connectivity index (χ1v) is 9.40. The Kier molecular flexibility index (Phi) is 5.95. The van der Waals surface area contributed by atoms with Gasteiger partial charge in [-0.3, -0.25) is 0 Å². The largest absolute Gasteiger partial charge is 0.0587 e.